The average molecular weight is 287 g/mol. The van der Waals surface area contributed by atoms with Crippen LogP contribution in [-0.4, -0.2) is 39.0 Å². The van der Waals surface area contributed by atoms with Crippen LogP contribution in [0.15, 0.2) is 30.6 Å². The monoisotopic (exact) mass is 287 g/mol. The molecular formula is C15H21N5O. The SMILES string of the molecule is CCCC1CC(Nc2ccc(-n3cnnn3)cc2)CCO1. The van der Waals surface area contributed by atoms with E-state index >= 15 is 0 Å². The normalized spacial score (nSPS) is 22.1. The molecule has 0 radical (unpaired) electrons. The van der Waals surface area contributed by atoms with Crippen molar-refractivity contribution in [3.63, 3.8) is 0 Å². The molecule has 3 rings (SSSR count). The van der Waals surface area contributed by atoms with Gasteiger partial charge in [0.05, 0.1) is 11.8 Å². The van der Waals surface area contributed by atoms with Gasteiger partial charge in [-0.05, 0) is 54.0 Å². The van der Waals surface area contributed by atoms with E-state index in [4.69, 9.17) is 4.74 Å². The lowest BCUT2D eigenvalue weighted by Gasteiger charge is -2.30. The maximum atomic E-state index is 5.79. The van der Waals surface area contributed by atoms with Crippen molar-refractivity contribution in [3.8, 4) is 5.69 Å². The first-order valence-corrected chi connectivity index (χ1v) is 7.56. The highest BCUT2D eigenvalue weighted by Crippen LogP contribution is 2.22. The van der Waals surface area contributed by atoms with Crippen molar-refractivity contribution in [2.24, 2.45) is 0 Å². The average Bonchev–Trinajstić information content (AvgIpc) is 3.03. The second-order valence-electron chi connectivity index (χ2n) is 5.45. The third-order valence-corrected chi connectivity index (χ3v) is 3.83. The Bertz CT molecular complexity index is 538. The van der Waals surface area contributed by atoms with E-state index in [1.807, 2.05) is 12.1 Å². The smallest absolute Gasteiger partial charge is 0.143 e. The van der Waals surface area contributed by atoms with E-state index in [9.17, 15) is 0 Å². The van der Waals surface area contributed by atoms with Crippen molar-refractivity contribution < 1.29 is 4.74 Å². The van der Waals surface area contributed by atoms with Gasteiger partial charge >= 0.3 is 0 Å². The fourth-order valence-corrected chi connectivity index (χ4v) is 2.76. The lowest BCUT2D eigenvalue weighted by atomic mass is 10.00. The largest absolute Gasteiger partial charge is 0.382 e. The summed E-state index contributed by atoms with van der Waals surface area (Å²) < 4.78 is 7.44. The summed E-state index contributed by atoms with van der Waals surface area (Å²) in [5.74, 6) is 0. The van der Waals surface area contributed by atoms with Crippen LogP contribution in [0.25, 0.3) is 5.69 Å². The summed E-state index contributed by atoms with van der Waals surface area (Å²) in [5.41, 5.74) is 2.09. The molecule has 1 aromatic heterocycles. The third-order valence-electron chi connectivity index (χ3n) is 3.83. The van der Waals surface area contributed by atoms with Gasteiger partial charge in [-0.25, -0.2) is 4.68 Å². The second kappa shape index (κ2) is 6.67. The molecule has 21 heavy (non-hydrogen) atoms. The van der Waals surface area contributed by atoms with Crippen molar-refractivity contribution in [1.29, 1.82) is 0 Å². The van der Waals surface area contributed by atoms with Crippen molar-refractivity contribution in [3.05, 3.63) is 30.6 Å². The van der Waals surface area contributed by atoms with Crippen LogP contribution < -0.4 is 5.32 Å². The lowest BCUT2D eigenvalue weighted by molar-refractivity contribution is 0.00598. The van der Waals surface area contributed by atoms with Gasteiger partial charge in [-0.2, -0.15) is 0 Å². The second-order valence-corrected chi connectivity index (χ2v) is 5.45. The van der Waals surface area contributed by atoms with Crippen LogP contribution in [0.5, 0.6) is 0 Å². The number of benzene rings is 1. The Hall–Kier alpha value is -1.95. The minimum Gasteiger partial charge on any atom is -0.382 e. The van der Waals surface area contributed by atoms with Gasteiger partial charge in [0, 0.05) is 18.3 Å². The molecule has 1 aliphatic heterocycles. The molecule has 6 nitrogen and oxygen atoms in total. The van der Waals surface area contributed by atoms with Crippen LogP contribution in [0.3, 0.4) is 0 Å². The Morgan fingerprint density at radius 1 is 1.33 bits per heavy atom. The maximum Gasteiger partial charge on any atom is 0.143 e. The van der Waals surface area contributed by atoms with Crippen LogP contribution in [0, 0.1) is 0 Å². The molecule has 1 saturated heterocycles. The van der Waals surface area contributed by atoms with E-state index in [2.05, 4.69) is 39.9 Å². The molecule has 1 aliphatic rings. The number of aromatic nitrogens is 4. The molecule has 0 aliphatic carbocycles. The zero-order valence-corrected chi connectivity index (χ0v) is 12.3. The van der Waals surface area contributed by atoms with Crippen LogP contribution in [-0.2, 0) is 4.74 Å². The highest BCUT2D eigenvalue weighted by molar-refractivity contribution is 5.49. The van der Waals surface area contributed by atoms with Crippen molar-refractivity contribution in [2.45, 2.75) is 44.8 Å². The topological polar surface area (TPSA) is 64.9 Å². The third kappa shape index (κ3) is 3.58. The predicted molar refractivity (Wildman–Crippen MR) is 80.4 cm³/mol. The highest BCUT2D eigenvalue weighted by atomic mass is 16.5. The Kier molecular flexibility index (Phi) is 4.45. The number of anilines is 1. The lowest BCUT2D eigenvalue weighted by Crippen LogP contribution is -2.33. The van der Waals surface area contributed by atoms with E-state index in [-0.39, 0.29) is 0 Å². The first-order chi connectivity index (χ1) is 10.3. The van der Waals surface area contributed by atoms with Gasteiger partial charge in [0.15, 0.2) is 0 Å². The van der Waals surface area contributed by atoms with E-state index in [0.29, 0.717) is 12.1 Å². The zero-order chi connectivity index (χ0) is 14.5. The first-order valence-electron chi connectivity index (χ1n) is 7.56. The molecule has 0 bridgehead atoms. The zero-order valence-electron chi connectivity index (χ0n) is 12.3. The predicted octanol–water partition coefficient (Wildman–Crippen LogP) is 2.42. The summed E-state index contributed by atoms with van der Waals surface area (Å²) in [6.45, 7) is 3.06. The molecular weight excluding hydrogens is 266 g/mol. The fourth-order valence-electron chi connectivity index (χ4n) is 2.76. The number of hydrogen-bond acceptors (Lipinski definition) is 5. The summed E-state index contributed by atoms with van der Waals surface area (Å²) in [7, 11) is 0. The molecule has 0 saturated carbocycles. The highest BCUT2D eigenvalue weighted by Gasteiger charge is 2.21. The molecule has 1 fully saturated rings. The first kappa shape index (κ1) is 14.0. The Morgan fingerprint density at radius 2 is 2.19 bits per heavy atom. The molecule has 1 N–H and O–H groups in total. The van der Waals surface area contributed by atoms with Gasteiger partial charge in [-0.3, -0.25) is 0 Å². The number of rotatable bonds is 5. The summed E-state index contributed by atoms with van der Waals surface area (Å²) in [5, 5.41) is 14.8. The van der Waals surface area contributed by atoms with Crippen molar-refractivity contribution >= 4 is 5.69 Å². The van der Waals surface area contributed by atoms with Gasteiger partial charge in [0.2, 0.25) is 0 Å². The standard InChI is InChI=1S/C15H21N5O/c1-2-3-15-10-13(8-9-21-15)17-12-4-6-14(7-5-12)20-11-16-18-19-20/h4-7,11,13,15,17H,2-3,8-10H2,1H3. The van der Waals surface area contributed by atoms with Gasteiger partial charge < -0.3 is 10.1 Å². The van der Waals surface area contributed by atoms with Gasteiger partial charge in [-0.15, -0.1) is 5.10 Å². The number of tetrazole rings is 1. The van der Waals surface area contributed by atoms with E-state index in [1.54, 1.807) is 11.0 Å². The molecule has 2 aromatic rings. The summed E-state index contributed by atoms with van der Waals surface area (Å²) in [4.78, 5) is 0. The summed E-state index contributed by atoms with van der Waals surface area (Å²) in [6, 6.07) is 8.67. The Balaban J connectivity index is 1.60. The Labute approximate surface area is 124 Å². The maximum absolute atomic E-state index is 5.79. The molecule has 2 unspecified atom stereocenters. The minimum absolute atomic E-state index is 0.404. The summed E-state index contributed by atoms with van der Waals surface area (Å²) in [6.07, 6.45) is 6.48. The number of nitrogens with one attached hydrogen (secondary N) is 1. The molecule has 0 spiro atoms. The van der Waals surface area contributed by atoms with Crippen LogP contribution in [0.1, 0.15) is 32.6 Å². The van der Waals surface area contributed by atoms with Gasteiger partial charge in [-0.1, -0.05) is 13.3 Å². The number of hydrogen-bond donors (Lipinski definition) is 1. The molecule has 2 heterocycles. The van der Waals surface area contributed by atoms with Crippen molar-refractivity contribution in [1.82, 2.24) is 20.2 Å². The van der Waals surface area contributed by atoms with E-state index < -0.39 is 0 Å². The van der Waals surface area contributed by atoms with Crippen LogP contribution >= 0.6 is 0 Å². The quantitative estimate of drug-likeness (QED) is 0.915. The molecule has 112 valence electrons. The van der Waals surface area contributed by atoms with Crippen LogP contribution in [0.4, 0.5) is 5.69 Å². The van der Waals surface area contributed by atoms with Gasteiger partial charge in [0.25, 0.3) is 0 Å². The fraction of sp³-hybridized carbons (Fsp3) is 0.533. The molecule has 0 amide bonds. The number of nitrogens with zero attached hydrogens (tertiary/aromatic N) is 4. The Morgan fingerprint density at radius 3 is 2.90 bits per heavy atom. The molecule has 1 aromatic carbocycles. The summed E-state index contributed by atoms with van der Waals surface area (Å²) >= 11 is 0. The van der Waals surface area contributed by atoms with Gasteiger partial charge in [0.1, 0.15) is 6.33 Å². The van der Waals surface area contributed by atoms with Crippen molar-refractivity contribution in [2.75, 3.05) is 11.9 Å². The molecule has 6 heteroatoms. The minimum atomic E-state index is 0.404. The molecule has 2 atom stereocenters. The van der Waals surface area contributed by atoms with Crippen LogP contribution in [0.2, 0.25) is 0 Å². The van der Waals surface area contributed by atoms with E-state index in [0.717, 1.165) is 37.2 Å². The number of ether oxygens (including phenoxy) is 1. The van der Waals surface area contributed by atoms with E-state index in [1.165, 1.54) is 6.42 Å².